The molecular weight excluding hydrogens is 292 g/mol. The third-order valence-corrected chi connectivity index (χ3v) is 3.40. The molecule has 0 spiro atoms. The van der Waals surface area contributed by atoms with E-state index in [4.69, 9.17) is 5.73 Å². The van der Waals surface area contributed by atoms with Gasteiger partial charge in [-0.1, -0.05) is 35.9 Å². The van der Waals surface area contributed by atoms with Crippen molar-refractivity contribution >= 4 is 11.9 Å². The summed E-state index contributed by atoms with van der Waals surface area (Å²) in [5.74, 6) is -0.332. The maximum absolute atomic E-state index is 12.3. The summed E-state index contributed by atoms with van der Waals surface area (Å²) in [5, 5.41) is 5.28. The Bertz CT molecular complexity index is 688. The molecule has 1 aromatic heterocycles. The van der Waals surface area contributed by atoms with E-state index >= 15 is 0 Å². The average Bonchev–Trinajstić information content (AvgIpc) is 2.52. The fourth-order valence-electron chi connectivity index (χ4n) is 2.27. The lowest BCUT2D eigenvalue weighted by Crippen LogP contribution is -2.47. The minimum Gasteiger partial charge on any atom is -0.352 e. The highest BCUT2D eigenvalue weighted by Crippen LogP contribution is 2.21. The molecule has 120 valence electrons. The number of hydrogen-bond donors (Lipinski definition) is 3. The third kappa shape index (κ3) is 4.54. The molecule has 23 heavy (non-hydrogen) atoms. The first-order valence-corrected chi connectivity index (χ1v) is 7.31. The van der Waals surface area contributed by atoms with Gasteiger partial charge in [-0.15, -0.1) is 0 Å². The quantitative estimate of drug-likeness (QED) is 0.783. The van der Waals surface area contributed by atoms with E-state index in [2.05, 4.69) is 15.6 Å². The third-order valence-electron chi connectivity index (χ3n) is 3.40. The summed E-state index contributed by atoms with van der Waals surface area (Å²) in [6.07, 6.45) is 1.68. The van der Waals surface area contributed by atoms with Gasteiger partial charge >= 0.3 is 6.03 Å². The molecule has 2 atom stereocenters. The molecule has 0 saturated carbocycles. The van der Waals surface area contributed by atoms with E-state index < -0.39 is 18.1 Å². The van der Waals surface area contributed by atoms with Gasteiger partial charge in [-0.05, 0) is 31.5 Å². The molecule has 4 N–H and O–H groups in total. The van der Waals surface area contributed by atoms with Gasteiger partial charge in [0.1, 0.15) is 6.04 Å². The zero-order valence-corrected chi connectivity index (χ0v) is 13.1. The Morgan fingerprint density at radius 3 is 2.52 bits per heavy atom. The smallest absolute Gasteiger partial charge is 0.312 e. The number of aryl methyl sites for hydroxylation is 1. The lowest BCUT2D eigenvalue weighted by Gasteiger charge is -2.21. The minimum absolute atomic E-state index is 0.332. The minimum atomic E-state index is -0.738. The van der Waals surface area contributed by atoms with Crippen molar-refractivity contribution in [2.45, 2.75) is 25.9 Å². The van der Waals surface area contributed by atoms with E-state index in [9.17, 15) is 9.59 Å². The maximum Gasteiger partial charge on any atom is 0.312 e. The van der Waals surface area contributed by atoms with Crippen LogP contribution >= 0.6 is 0 Å². The van der Waals surface area contributed by atoms with Crippen LogP contribution in [0.2, 0.25) is 0 Å². The number of aromatic nitrogens is 1. The first-order valence-electron chi connectivity index (χ1n) is 7.31. The number of primary amides is 1. The molecule has 0 aliphatic rings. The number of urea groups is 1. The van der Waals surface area contributed by atoms with E-state index in [1.165, 1.54) is 0 Å². The molecule has 0 bridgehead atoms. The highest BCUT2D eigenvalue weighted by atomic mass is 16.2. The molecule has 6 nitrogen and oxygen atoms in total. The molecule has 0 radical (unpaired) electrons. The number of pyridine rings is 1. The standard InChI is InChI=1S/C17H20N4O2/c1-11-6-5-7-13(10-11)15(14-8-3-4-9-19-14)21-16(22)12(2)20-17(18)23/h3-10,12,15H,1-2H3,(H,21,22)(H3,18,20,23)/t12-,15?/m0/s1. The van der Waals surface area contributed by atoms with Crippen LogP contribution in [0.4, 0.5) is 4.79 Å². The van der Waals surface area contributed by atoms with Crippen molar-refractivity contribution in [3.05, 3.63) is 65.5 Å². The fraction of sp³-hybridized carbons (Fsp3) is 0.235. The van der Waals surface area contributed by atoms with E-state index in [1.807, 2.05) is 49.4 Å². The number of amides is 3. The predicted molar refractivity (Wildman–Crippen MR) is 87.6 cm³/mol. The molecule has 1 heterocycles. The summed E-state index contributed by atoms with van der Waals surface area (Å²) < 4.78 is 0. The van der Waals surface area contributed by atoms with Crippen LogP contribution in [-0.4, -0.2) is 23.0 Å². The lowest BCUT2D eigenvalue weighted by molar-refractivity contribution is -0.123. The summed E-state index contributed by atoms with van der Waals surface area (Å²) in [5.41, 5.74) is 7.79. The summed E-state index contributed by atoms with van der Waals surface area (Å²) >= 11 is 0. The SMILES string of the molecule is Cc1cccc(C(NC(=O)[C@H](C)NC(N)=O)c2ccccn2)c1. The fourth-order valence-corrected chi connectivity index (χ4v) is 2.27. The van der Waals surface area contributed by atoms with Crippen LogP contribution < -0.4 is 16.4 Å². The van der Waals surface area contributed by atoms with Gasteiger partial charge in [0.15, 0.2) is 0 Å². The van der Waals surface area contributed by atoms with E-state index in [0.29, 0.717) is 0 Å². The highest BCUT2D eigenvalue weighted by Gasteiger charge is 2.22. The summed E-state index contributed by atoms with van der Waals surface area (Å²) in [6.45, 7) is 3.56. The van der Waals surface area contributed by atoms with Crippen LogP contribution in [0.1, 0.15) is 29.8 Å². The van der Waals surface area contributed by atoms with Crippen LogP contribution in [0.15, 0.2) is 48.7 Å². The Balaban J connectivity index is 2.28. The Hall–Kier alpha value is -2.89. The van der Waals surface area contributed by atoms with Crippen molar-refractivity contribution < 1.29 is 9.59 Å². The van der Waals surface area contributed by atoms with Crippen molar-refractivity contribution in [2.75, 3.05) is 0 Å². The van der Waals surface area contributed by atoms with Crippen molar-refractivity contribution in [3.8, 4) is 0 Å². The van der Waals surface area contributed by atoms with Crippen molar-refractivity contribution in [2.24, 2.45) is 5.73 Å². The average molecular weight is 312 g/mol. The van der Waals surface area contributed by atoms with E-state index in [0.717, 1.165) is 16.8 Å². The van der Waals surface area contributed by atoms with Crippen LogP contribution in [0.5, 0.6) is 0 Å². The molecule has 3 amide bonds. The Morgan fingerprint density at radius 2 is 1.91 bits per heavy atom. The first kappa shape index (κ1) is 16.5. The number of nitrogens with one attached hydrogen (secondary N) is 2. The molecule has 0 saturated heterocycles. The zero-order chi connectivity index (χ0) is 16.8. The van der Waals surface area contributed by atoms with Crippen LogP contribution in [0.3, 0.4) is 0 Å². The van der Waals surface area contributed by atoms with Gasteiger partial charge in [0.05, 0.1) is 11.7 Å². The number of hydrogen-bond acceptors (Lipinski definition) is 3. The Kier molecular flexibility index (Phi) is 5.30. The van der Waals surface area contributed by atoms with Crippen molar-refractivity contribution in [3.63, 3.8) is 0 Å². The summed E-state index contributed by atoms with van der Waals surface area (Å²) in [7, 11) is 0. The van der Waals surface area contributed by atoms with Gasteiger partial charge in [0.2, 0.25) is 5.91 Å². The molecule has 0 aliphatic carbocycles. The summed E-state index contributed by atoms with van der Waals surface area (Å²) in [6, 6.07) is 11.5. The van der Waals surface area contributed by atoms with Gasteiger partial charge < -0.3 is 16.4 Å². The molecule has 2 aromatic rings. The molecule has 0 fully saturated rings. The van der Waals surface area contributed by atoms with Gasteiger partial charge in [0.25, 0.3) is 0 Å². The first-order chi connectivity index (χ1) is 11.0. The number of nitrogens with two attached hydrogens (primary N) is 1. The van der Waals surface area contributed by atoms with Crippen LogP contribution in [0.25, 0.3) is 0 Å². The highest BCUT2D eigenvalue weighted by molar-refractivity contribution is 5.86. The number of carbonyl (C=O) groups excluding carboxylic acids is 2. The largest absolute Gasteiger partial charge is 0.352 e. The molecule has 6 heteroatoms. The number of nitrogens with zero attached hydrogens (tertiary/aromatic N) is 1. The predicted octanol–water partition coefficient (Wildman–Crippen LogP) is 1.65. The zero-order valence-electron chi connectivity index (χ0n) is 13.1. The summed E-state index contributed by atoms with van der Waals surface area (Å²) in [4.78, 5) is 27.5. The second-order valence-electron chi connectivity index (χ2n) is 5.34. The van der Waals surface area contributed by atoms with Crippen LogP contribution in [-0.2, 0) is 4.79 Å². The van der Waals surface area contributed by atoms with Gasteiger partial charge in [0, 0.05) is 6.20 Å². The van der Waals surface area contributed by atoms with Gasteiger partial charge in [-0.25, -0.2) is 4.79 Å². The number of carbonyl (C=O) groups is 2. The second kappa shape index (κ2) is 7.40. The molecule has 2 rings (SSSR count). The topological polar surface area (TPSA) is 97.1 Å². The maximum atomic E-state index is 12.3. The number of benzene rings is 1. The number of rotatable bonds is 5. The van der Waals surface area contributed by atoms with Crippen molar-refractivity contribution in [1.29, 1.82) is 0 Å². The molecule has 0 aliphatic heterocycles. The Morgan fingerprint density at radius 1 is 1.13 bits per heavy atom. The van der Waals surface area contributed by atoms with E-state index in [-0.39, 0.29) is 5.91 Å². The van der Waals surface area contributed by atoms with Crippen LogP contribution in [0, 0.1) is 6.92 Å². The second-order valence-corrected chi connectivity index (χ2v) is 5.34. The normalized spacial score (nSPS) is 13.0. The van der Waals surface area contributed by atoms with Gasteiger partial charge in [-0.3, -0.25) is 9.78 Å². The Labute approximate surface area is 135 Å². The monoisotopic (exact) mass is 312 g/mol. The van der Waals surface area contributed by atoms with E-state index in [1.54, 1.807) is 13.1 Å². The van der Waals surface area contributed by atoms with Gasteiger partial charge in [-0.2, -0.15) is 0 Å². The molecule has 1 unspecified atom stereocenters. The lowest BCUT2D eigenvalue weighted by atomic mass is 10.0. The molecule has 1 aromatic carbocycles. The van der Waals surface area contributed by atoms with Crippen molar-refractivity contribution in [1.82, 2.24) is 15.6 Å². The molecular formula is C17H20N4O2.